The maximum absolute atomic E-state index is 6.00. The molecule has 0 radical (unpaired) electrons. The molecule has 18 heavy (non-hydrogen) atoms. The monoisotopic (exact) mass is 265 g/mol. The fraction of sp³-hybridized carbons (Fsp3) is 0.625. The Morgan fingerprint density at radius 3 is 2.33 bits per heavy atom. The Kier molecular flexibility index (Phi) is 7.99. The maximum atomic E-state index is 6.00. The van der Waals surface area contributed by atoms with E-state index in [4.69, 9.17) is 5.73 Å². The molecule has 0 bridgehead atoms. The Labute approximate surface area is 117 Å². The van der Waals surface area contributed by atoms with Gasteiger partial charge in [-0.3, -0.25) is 0 Å². The van der Waals surface area contributed by atoms with Gasteiger partial charge in [0.2, 0.25) is 0 Å². The molecule has 1 nitrogen and oxygen atoms in total. The van der Waals surface area contributed by atoms with Gasteiger partial charge in [0.05, 0.1) is 0 Å². The average Bonchev–Trinajstić information content (AvgIpc) is 2.35. The van der Waals surface area contributed by atoms with Crippen molar-refractivity contribution in [2.45, 2.75) is 63.7 Å². The van der Waals surface area contributed by atoms with Gasteiger partial charge in [0.25, 0.3) is 0 Å². The standard InChI is InChI=1S/C16H27NS/c1-3-4-5-6-7-8-9-12-18-16-11-10-14(2)13-15(16)17/h10-11,13H,3-9,12,17H2,1-2H3. The topological polar surface area (TPSA) is 26.0 Å². The van der Waals surface area contributed by atoms with Crippen LogP contribution in [0.5, 0.6) is 0 Å². The van der Waals surface area contributed by atoms with Gasteiger partial charge < -0.3 is 5.73 Å². The molecular weight excluding hydrogens is 238 g/mol. The van der Waals surface area contributed by atoms with Crippen LogP contribution >= 0.6 is 11.8 Å². The summed E-state index contributed by atoms with van der Waals surface area (Å²) in [7, 11) is 0. The molecule has 0 aromatic heterocycles. The number of nitrogens with two attached hydrogens (primary N) is 1. The molecule has 0 unspecified atom stereocenters. The molecule has 1 aromatic carbocycles. The maximum Gasteiger partial charge on any atom is 0.0454 e. The van der Waals surface area contributed by atoms with Crippen molar-refractivity contribution in [2.24, 2.45) is 0 Å². The summed E-state index contributed by atoms with van der Waals surface area (Å²) in [5.74, 6) is 1.20. The van der Waals surface area contributed by atoms with E-state index in [-0.39, 0.29) is 0 Å². The lowest BCUT2D eigenvalue weighted by molar-refractivity contribution is 0.603. The first kappa shape index (κ1) is 15.4. The largest absolute Gasteiger partial charge is 0.398 e. The van der Waals surface area contributed by atoms with Crippen LogP contribution < -0.4 is 5.73 Å². The van der Waals surface area contributed by atoms with Gasteiger partial charge in [0.1, 0.15) is 0 Å². The number of anilines is 1. The molecule has 0 saturated heterocycles. The molecule has 0 aliphatic carbocycles. The summed E-state index contributed by atoms with van der Waals surface area (Å²) < 4.78 is 0. The molecule has 2 N–H and O–H groups in total. The lowest BCUT2D eigenvalue weighted by Gasteiger charge is -2.06. The van der Waals surface area contributed by atoms with Gasteiger partial charge in [0.15, 0.2) is 0 Å². The molecule has 1 aromatic rings. The Hall–Kier alpha value is -0.630. The van der Waals surface area contributed by atoms with Crippen LogP contribution in [0.2, 0.25) is 0 Å². The molecule has 1 rings (SSSR count). The van der Waals surface area contributed by atoms with Gasteiger partial charge in [0, 0.05) is 10.6 Å². The van der Waals surface area contributed by atoms with Crippen molar-refractivity contribution in [3.63, 3.8) is 0 Å². The minimum Gasteiger partial charge on any atom is -0.398 e. The lowest BCUT2D eigenvalue weighted by Crippen LogP contribution is -1.90. The lowest BCUT2D eigenvalue weighted by atomic mass is 10.1. The highest BCUT2D eigenvalue weighted by Gasteiger charge is 1.99. The number of hydrogen-bond acceptors (Lipinski definition) is 2. The summed E-state index contributed by atoms with van der Waals surface area (Å²) in [6.07, 6.45) is 9.62. The summed E-state index contributed by atoms with van der Waals surface area (Å²) in [4.78, 5) is 1.24. The first-order valence-electron chi connectivity index (χ1n) is 7.23. The van der Waals surface area contributed by atoms with Crippen LogP contribution in [-0.2, 0) is 0 Å². The van der Waals surface area contributed by atoms with Gasteiger partial charge >= 0.3 is 0 Å². The van der Waals surface area contributed by atoms with E-state index in [0.29, 0.717) is 0 Å². The van der Waals surface area contributed by atoms with Crippen LogP contribution in [0.4, 0.5) is 5.69 Å². The highest BCUT2D eigenvalue weighted by atomic mass is 32.2. The molecule has 0 amide bonds. The van der Waals surface area contributed by atoms with Crippen LogP contribution in [0.25, 0.3) is 0 Å². The summed E-state index contributed by atoms with van der Waals surface area (Å²) in [5, 5.41) is 0. The van der Waals surface area contributed by atoms with E-state index >= 15 is 0 Å². The molecular formula is C16H27NS. The molecule has 102 valence electrons. The predicted molar refractivity (Wildman–Crippen MR) is 84.3 cm³/mol. The number of benzene rings is 1. The van der Waals surface area contributed by atoms with Crippen molar-refractivity contribution < 1.29 is 0 Å². The summed E-state index contributed by atoms with van der Waals surface area (Å²) in [5.41, 5.74) is 8.17. The molecule has 0 atom stereocenters. The van der Waals surface area contributed by atoms with Crippen LogP contribution in [0.3, 0.4) is 0 Å². The predicted octanol–water partition coefficient (Wildman–Crippen LogP) is 5.42. The number of rotatable bonds is 9. The van der Waals surface area contributed by atoms with Crippen molar-refractivity contribution in [3.05, 3.63) is 23.8 Å². The average molecular weight is 265 g/mol. The Morgan fingerprint density at radius 1 is 1.00 bits per heavy atom. The van der Waals surface area contributed by atoms with E-state index in [1.54, 1.807) is 0 Å². The zero-order valence-corrected chi connectivity index (χ0v) is 12.7. The summed E-state index contributed by atoms with van der Waals surface area (Å²) in [6, 6.07) is 6.35. The smallest absolute Gasteiger partial charge is 0.0454 e. The van der Waals surface area contributed by atoms with Crippen LogP contribution in [0, 0.1) is 6.92 Å². The number of aryl methyl sites for hydroxylation is 1. The van der Waals surface area contributed by atoms with E-state index in [9.17, 15) is 0 Å². The number of unbranched alkanes of at least 4 members (excludes halogenated alkanes) is 6. The highest BCUT2D eigenvalue weighted by Crippen LogP contribution is 2.26. The van der Waals surface area contributed by atoms with E-state index in [2.05, 4.69) is 32.0 Å². The van der Waals surface area contributed by atoms with Gasteiger partial charge in [-0.25, -0.2) is 0 Å². The van der Waals surface area contributed by atoms with Crippen molar-refractivity contribution in [3.8, 4) is 0 Å². The molecule has 2 heteroatoms. The second-order valence-electron chi connectivity index (χ2n) is 5.01. The zero-order chi connectivity index (χ0) is 13.2. The van der Waals surface area contributed by atoms with Crippen molar-refractivity contribution in [2.75, 3.05) is 11.5 Å². The zero-order valence-electron chi connectivity index (χ0n) is 11.9. The number of nitrogen functional groups attached to an aromatic ring is 1. The molecule has 0 aliphatic heterocycles. The van der Waals surface area contributed by atoms with Gasteiger partial charge in [-0.2, -0.15) is 0 Å². The third-order valence-electron chi connectivity index (χ3n) is 3.17. The molecule has 0 spiro atoms. The quantitative estimate of drug-likeness (QED) is 0.366. The highest BCUT2D eigenvalue weighted by molar-refractivity contribution is 7.99. The van der Waals surface area contributed by atoms with Crippen LogP contribution in [0.1, 0.15) is 57.4 Å². The third kappa shape index (κ3) is 6.34. The van der Waals surface area contributed by atoms with Gasteiger partial charge in [-0.1, -0.05) is 51.5 Å². The molecule has 0 saturated carbocycles. The first-order chi connectivity index (χ1) is 8.74. The normalized spacial score (nSPS) is 10.8. The second-order valence-corrected chi connectivity index (χ2v) is 6.15. The third-order valence-corrected chi connectivity index (χ3v) is 4.35. The summed E-state index contributed by atoms with van der Waals surface area (Å²) in [6.45, 7) is 4.35. The van der Waals surface area contributed by atoms with Crippen molar-refractivity contribution in [1.29, 1.82) is 0 Å². The van der Waals surface area contributed by atoms with E-state index in [1.165, 1.54) is 61.2 Å². The number of hydrogen-bond donors (Lipinski definition) is 1. The van der Waals surface area contributed by atoms with Crippen LogP contribution in [-0.4, -0.2) is 5.75 Å². The van der Waals surface area contributed by atoms with Crippen molar-refractivity contribution in [1.82, 2.24) is 0 Å². The van der Waals surface area contributed by atoms with Crippen LogP contribution in [0.15, 0.2) is 23.1 Å². The number of thioether (sulfide) groups is 1. The van der Waals surface area contributed by atoms with E-state index in [0.717, 1.165) is 5.69 Å². The Bertz CT molecular complexity index is 336. The molecule has 0 heterocycles. The van der Waals surface area contributed by atoms with E-state index < -0.39 is 0 Å². The van der Waals surface area contributed by atoms with E-state index in [1.807, 2.05) is 11.8 Å². The van der Waals surface area contributed by atoms with Crippen molar-refractivity contribution >= 4 is 17.4 Å². The Morgan fingerprint density at radius 2 is 1.67 bits per heavy atom. The SMILES string of the molecule is CCCCCCCCCSc1ccc(C)cc1N. The minimum absolute atomic E-state index is 0.933. The fourth-order valence-corrected chi connectivity index (χ4v) is 3.00. The minimum atomic E-state index is 0.933. The van der Waals surface area contributed by atoms with Gasteiger partial charge in [-0.15, -0.1) is 11.8 Å². The molecule has 0 aliphatic rings. The second kappa shape index (κ2) is 9.32. The fourth-order valence-electron chi connectivity index (χ4n) is 2.04. The van der Waals surface area contributed by atoms with Gasteiger partial charge in [-0.05, 0) is 36.8 Å². The molecule has 0 fully saturated rings. The first-order valence-corrected chi connectivity index (χ1v) is 8.21. The summed E-state index contributed by atoms with van der Waals surface area (Å²) >= 11 is 1.90. The Balaban J connectivity index is 2.07.